The molecule has 1 aliphatic carbocycles. The summed E-state index contributed by atoms with van der Waals surface area (Å²) in [5.41, 5.74) is 3.97. The molecule has 7 rings (SSSR count). The van der Waals surface area contributed by atoms with Crippen LogP contribution in [0.15, 0.2) is 48.5 Å². The van der Waals surface area contributed by atoms with Gasteiger partial charge in [0.05, 0.1) is 0 Å². The molecule has 0 bridgehead atoms. The Bertz CT molecular complexity index is 1420. The van der Waals surface area contributed by atoms with Crippen molar-refractivity contribution in [2.45, 2.75) is 0 Å². The lowest BCUT2D eigenvalue weighted by Gasteiger charge is -2.42. The summed E-state index contributed by atoms with van der Waals surface area (Å²) in [6.07, 6.45) is 0. The van der Waals surface area contributed by atoms with Crippen LogP contribution in [0.25, 0.3) is 21.9 Å². The van der Waals surface area contributed by atoms with E-state index >= 15 is 0 Å². The Morgan fingerprint density at radius 1 is 0.818 bits per heavy atom. The minimum absolute atomic E-state index is 0.0656. The fourth-order valence-electron chi connectivity index (χ4n) is 6.52. The average molecular weight is 441 g/mol. The van der Waals surface area contributed by atoms with Gasteiger partial charge < -0.3 is 14.4 Å². The molecule has 2 unspecified atom stereocenters. The summed E-state index contributed by atoms with van der Waals surface area (Å²) in [7, 11) is 1.97. The van der Waals surface area contributed by atoms with E-state index in [2.05, 4.69) is 27.5 Å². The summed E-state index contributed by atoms with van der Waals surface area (Å²) in [6.45, 7) is 3.13. The number of aromatic nitrogens is 4. The van der Waals surface area contributed by atoms with Crippen molar-refractivity contribution in [3.63, 3.8) is 0 Å². The third kappa shape index (κ3) is 2.63. The number of carbonyl (C=O) groups excluding carboxylic acids is 2. The maximum atomic E-state index is 13.3. The van der Waals surface area contributed by atoms with E-state index in [4.69, 9.17) is 0 Å². The van der Waals surface area contributed by atoms with E-state index in [0.29, 0.717) is 34.8 Å². The molecule has 4 atom stereocenters. The summed E-state index contributed by atoms with van der Waals surface area (Å²) in [5.74, 6) is 2.14. The van der Waals surface area contributed by atoms with Crippen molar-refractivity contribution in [2.24, 2.45) is 30.7 Å². The van der Waals surface area contributed by atoms with Gasteiger partial charge in [0.15, 0.2) is 0 Å². The van der Waals surface area contributed by atoms with Crippen LogP contribution in [0.5, 0.6) is 0 Å². The van der Waals surface area contributed by atoms with Crippen LogP contribution in [0, 0.1) is 23.7 Å². The van der Waals surface area contributed by atoms with Crippen molar-refractivity contribution >= 4 is 33.8 Å². The quantitative estimate of drug-likeness (QED) is 0.519. The number of para-hydroxylation sites is 1. The number of likely N-dealkylation sites (tertiary alicyclic amines) is 2. The molecule has 4 aromatic rings. The average Bonchev–Trinajstić information content (AvgIpc) is 3.60. The van der Waals surface area contributed by atoms with Crippen molar-refractivity contribution < 1.29 is 9.59 Å². The lowest BCUT2D eigenvalue weighted by atomic mass is 9.60. The fourth-order valence-corrected chi connectivity index (χ4v) is 6.52. The number of hydrogen-bond acceptors (Lipinski definition) is 4. The van der Waals surface area contributed by atoms with Gasteiger partial charge in [-0.3, -0.25) is 9.59 Å². The SMILES string of the molecule is Cn1c(C(=O)N2CC3C(C2)[C@@H]2CN(C(=O)c4ccc5n[nH]nc5c4)C[C@H]32)cc2ccccc21. The molecule has 2 aromatic heterocycles. The Kier molecular flexibility index (Phi) is 3.81. The molecule has 2 saturated heterocycles. The number of amides is 2. The lowest BCUT2D eigenvalue weighted by Crippen LogP contribution is -2.44. The Hall–Kier alpha value is -3.68. The highest BCUT2D eigenvalue weighted by Gasteiger charge is 2.59. The largest absolute Gasteiger partial charge is 0.340 e. The van der Waals surface area contributed by atoms with Crippen molar-refractivity contribution in [2.75, 3.05) is 26.2 Å². The molecule has 0 radical (unpaired) electrons. The maximum absolute atomic E-state index is 13.3. The Morgan fingerprint density at radius 3 is 2.15 bits per heavy atom. The number of H-pyrrole nitrogens is 1. The van der Waals surface area contributed by atoms with Gasteiger partial charge in [-0.25, -0.2) is 0 Å². The molecular weight excluding hydrogens is 416 g/mol. The monoisotopic (exact) mass is 440 g/mol. The van der Waals surface area contributed by atoms with Gasteiger partial charge in [0.1, 0.15) is 16.7 Å². The van der Waals surface area contributed by atoms with Gasteiger partial charge in [0.25, 0.3) is 11.8 Å². The van der Waals surface area contributed by atoms with E-state index in [1.165, 1.54) is 0 Å². The van der Waals surface area contributed by atoms with Crippen LogP contribution in [-0.4, -0.2) is 67.8 Å². The summed E-state index contributed by atoms with van der Waals surface area (Å²) >= 11 is 0. The fraction of sp³-hybridized carbons (Fsp3) is 0.360. The Balaban J connectivity index is 1.06. The molecule has 2 amide bonds. The van der Waals surface area contributed by atoms with Crippen LogP contribution >= 0.6 is 0 Å². The maximum Gasteiger partial charge on any atom is 0.270 e. The summed E-state index contributed by atoms with van der Waals surface area (Å²) in [5, 5.41) is 11.9. The predicted octanol–water partition coefficient (Wildman–Crippen LogP) is 2.54. The molecule has 2 aromatic carbocycles. The number of hydrogen-bond donors (Lipinski definition) is 1. The highest BCUT2D eigenvalue weighted by Crippen LogP contribution is 2.54. The number of aromatic amines is 1. The van der Waals surface area contributed by atoms with Crippen LogP contribution in [0.2, 0.25) is 0 Å². The van der Waals surface area contributed by atoms with E-state index < -0.39 is 0 Å². The van der Waals surface area contributed by atoms with Crippen molar-refractivity contribution in [1.82, 2.24) is 29.8 Å². The second-order valence-electron chi connectivity index (χ2n) is 9.75. The predicted molar refractivity (Wildman–Crippen MR) is 123 cm³/mol. The van der Waals surface area contributed by atoms with E-state index in [-0.39, 0.29) is 11.8 Å². The highest BCUT2D eigenvalue weighted by atomic mass is 16.2. The van der Waals surface area contributed by atoms with E-state index in [1.807, 2.05) is 57.8 Å². The minimum atomic E-state index is 0.0656. The summed E-state index contributed by atoms with van der Waals surface area (Å²) in [4.78, 5) is 30.5. The van der Waals surface area contributed by atoms with Gasteiger partial charge in [0, 0.05) is 49.7 Å². The van der Waals surface area contributed by atoms with Crippen LogP contribution in [-0.2, 0) is 7.05 Å². The van der Waals surface area contributed by atoms with E-state index in [0.717, 1.165) is 48.3 Å². The summed E-state index contributed by atoms with van der Waals surface area (Å²) < 4.78 is 2.00. The van der Waals surface area contributed by atoms with Gasteiger partial charge in [-0.1, -0.05) is 18.2 Å². The lowest BCUT2D eigenvalue weighted by molar-refractivity contribution is 0.0629. The number of aryl methyl sites for hydroxylation is 1. The van der Waals surface area contributed by atoms with E-state index in [9.17, 15) is 9.59 Å². The molecule has 1 saturated carbocycles. The zero-order chi connectivity index (χ0) is 22.3. The van der Waals surface area contributed by atoms with E-state index in [1.54, 1.807) is 0 Å². The highest BCUT2D eigenvalue weighted by molar-refractivity contribution is 5.99. The van der Waals surface area contributed by atoms with Crippen LogP contribution in [0.3, 0.4) is 0 Å². The zero-order valence-corrected chi connectivity index (χ0v) is 18.3. The van der Waals surface area contributed by atoms with Gasteiger partial charge in [0.2, 0.25) is 0 Å². The molecule has 1 N–H and O–H groups in total. The van der Waals surface area contributed by atoms with Crippen molar-refractivity contribution in [1.29, 1.82) is 0 Å². The normalized spacial score (nSPS) is 26.0. The first-order chi connectivity index (χ1) is 16.1. The number of nitrogens with zero attached hydrogens (tertiary/aromatic N) is 5. The molecule has 0 spiro atoms. The first-order valence-corrected chi connectivity index (χ1v) is 11.5. The molecule has 3 fully saturated rings. The zero-order valence-electron chi connectivity index (χ0n) is 18.3. The second-order valence-corrected chi connectivity index (χ2v) is 9.75. The molecule has 2 aliphatic heterocycles. The first kappa shape index (κ1) is 18.8. The van der Waals surface area contributed by atoms with Gasteiger partial charge in [-0.2, -0.15) is 15.4 Å². The smallest absolute Gasteiger partial charge is 0.270 e. The van der Waals surface area contributed by atoms with Crippen LogP contribution in [0.4, 0.5) is 0 Å². The number of carbonyl (C=O) groups is 2. The molecule has 8 heteroatoms. The number of nitrogens with one attached hydrogen (secondary N) is 1. The molecule has 33 heavy (non-hydrogen) atoms. The topological polar surface area (TPSA) is 87.1 Å². The van der Waals surface area contributed by atoms with Crippen LogP contribution in [0.1, 0.15) is 20.8 Å². The number of fused-ring (bicyclic) bond motifs is 6. The Labute approximate surface area is 190 Å². The summed E-state index contributed by atoms with van der Waals surface area (Å²) in [6, 6.07) is 15.6. The molecule has 4 heterocycles. The van der Waals surface area contributed by atoms with Gasteiger partial charge in [-0.15, -0.1) is 0 Å². The standard InChI is InChI=1S/C25H24N6O2/c1-29-22-5-3-2-4-14(22)9-23(29)25(33)31-12-18-16-10-30(11-17(16)19(18)13-31)24(32)15-6-7-20-21(8-15)27-28-26-20/h2-9,16-19H,10-13H2,1H3,(H,26,27,28)/t16-,17+,18?,19?. The molecule has 3 aliphatic rings. The third-order valence-corrected chi connectivity index (χ3v) is 8.23. The minimum Gasteiger partial charge on any atom is -0.340 e. The van der Waals surface area contributed by atoms with Gasteiger partial charge in [-0.05, 0) is 54.0 Å². The number of benzene rings is 2. The Morgan fingerprint density at radius 2 is 1.45 bits per heavy atom. The number of rotatable bonds is 2. The molecule has 8 nitrogen and oxygen atoms in total. The second kappa shape index (κ2) is 6.66. The van der Waals surface area contributed by atoms with Gasteiger partial charge >= 0.3 is 0 Å². The van der Waals surface area contributed by atoms with Crippen molar-refractivity contribution in [3.8, 4) is 0 Å². The van der Waals surface area contributed by atoms with Crippen molar-refractivity contribution in [3.05, 3.63) is 59.8 Å². The third-order valence-electron chi connectivity index (χ3n) is 8.23. The van der Waals surface area contributed by atoms with Crippen LogP contribution < -0.4 is 0 Å². The molecular formula is C25H24N6O2. The first-order valence-electron chi connectivity index (χ1n) is 11.5. The molecule has 166 valence electrons.